The average Bonchev–Trinajstić information content (AvgIpc) is 2.68. The van der Waals surface area contributed by atoms with Crippen molar-refractivity contribution in [2.45, 2.75) is 37.0 Å². The summed E-state index contributed by atoms with van der Waals surface area (Å²) in [6.07, 6.45) is 3.46. The van der Waals surface area contributed by atoms with Crippen LogP contribution in [0.15, 0.2) is 29.2 Å². The number of likely N-dealkylation sites (tertiary alicyclic amines) is 1. The zero-order valence-electron chi connectivity index (χ0n) is 14.6. The van der Waals surface area contributed by atoms with E-state index >= 15 is 0 Å². The van der Waals surface area contributed by atoms with Crippen LogP contribution in [0.4, 0.5) is 0 Å². The van der Waals surface area contributed by atoms with E-state index in [-0.39, 0.29) is 16.4 Å². The minimum absolute atomic E-state index is 0.0484. The number of rotatable bonds is 4. The van der Waals surface area contributed by atoms with Crippen molar-refractivity contribution < 1.29 is 23.1 Å². The summed E-state index contributed by atoms with van der Waals surface area (Å²) in [6, 6.07) is 6.32. The number of nitrogens with zero attached hydrogens (tertiary/aromatic N) is 2. The molecule has 2 fully saturated rings. The Balaban J connectivity index is 1.83. The molecule has 2 aliphatic rings. The number of hydrogen-bond donors (Lipinski definition) is 1. The number of carbonyl (C=O) groups is 2. The van der Waals surface area contributed by atoms with Gasteiger partial charge in [-0.1, -0.05) is 18.6 Å². The van der Waals surface area contributed by atoms with Crippen LogP contribution in [0.1, 0.15) is 42.5 Å². The van der Waals surface area contributed by atoms with Crippen LogP contribution in [0.3, 0.4) is 0 Å². The van der Waals surface area contributed by atoms with Gasteiger partial charge in [-0.05, 0) is 37.8 Å². The molecule has 0 saturated carbocycles. The van der Waals surface area contributed by atoms with E-state index in [4.69, 9.17) is 5.11 Å². The summed E-state index contributed by atoms with van der Waals surface area (Å²) in [5.74, 6) is -1.62. The van der Waals surface area contributed by atoms with Gasteiger partial charge in [0.2, 0.25) is 10.0 Å². The van der Waals surface area contributed by atoms with Crippen molar-refractivity contribution in [3.05, 3.63) is 29.8 Å². The fourth-order valence-corrected chi connectivity index (χ4v) is 5.31. The van der Waals surface area contributed by atoms with Crippen LogP contribution in [-0.2, 0) is 14.8 Å². The Morgan fingerprint density at radius 1 is 0.962 bits per heavy atom. The van der Waals surface area contributed by atoms with Gasteiger partial charge in [-0.25, -0.2) is 8.42 Å². The Bertz CT molecular complexity index is 779. The van der Waals surface area contributed by atoms with Gasteiger partial charge in [0.05, 0.1) is 16.4 Å². The molecule has 0 aliphatic carbocycles. The summed E-state index contributed by atoms with van der Waals surface area (Å²) in [5, 5.41) is 9.09. The maximum Gasteiger partial charge on any atom is 0.306 e. The molecule has 2 heterocycles. The SMILES string of the molecule is O=C(O)C1CCN(C(=O)c2ccccc2S(=O)(=O)N2CCCCC2)CC1. The molecule has 7 nitrogen and oxygen atoms in total. The number of amides is 1. The first kappa shape index (κ1) is 18.8. The van der Waals surface area contributed by atoms with Crippen LogP contribution in [-0.4, -0.2) is 60.8 Å². The highest BCUT2D eigenvalue weighted by atomic mass is 32.2. The molecule has 1 amide bonds. The molecule has 8 heteroatoms. The maximum absolute atomic E-state index is 13.0. The molecule has 0 atom stereocenters. The van der Waals surface area contributed by atoms with E-state index in [0.717, 1.165) is 19.3 Å². The van der Waals surface area contributed by atoms with Crippen molar-refractivity contribution in [2.75, 3.05) is 26.2 Å². The van der Waals surface area contributed by atoms with Crippen LogP contribution in [0, 0.1) is 5.92 Å². The molecule has 0 unspecified atom stereocenters. The highest BCUT2D eigenvalue weighted by Crippen LogP contribution is 2.26. The number of benzene rings is 1. The van der Waals surface area contributed by atoms with E-state index in [0.29, 0.717) is 39.0 Å². The normalized spacial score (nSPS) is 20.1. The second kappa shape index (κ2) is 7.75. The van der Waals surface area contributed by atoms with Gasteiger partial charge >= 0.3 is 5.97 Å². The summed E-state index contributed by atoms with van der Waals surface area (Å²) in [7, 11) is -3.71. The first-order valence-electron chi connectivity index (χ1n) is 9.02. The lowest BCUT2D eigenvalue weighted by molar-refractivity contribution is -0.143. The fraction of sp³-hybridized carbons (Fsp3) is 0.556. The second-order valence-corrected chi connectivity index (χ2v) is 8.77. The average molecular weight is 380 g/mol. The van der Waals surface area contributed by atoms with Crippen LogP contribution < -0.4 is 0 Å². The van der Waals surface area contributed by atoms with Crippen molar-refractivity contribution in [3.63, 3.8) is 0 Å². The molecule has 3 rings (SSSR count). The van der Waals surface area contributed by atoms with Crippen molar-refractivity contribution in [1.29, 1.82) is 0 Å². The summed E-state index contributed by atoms with van der Waals surface area (Å²) in [5.41, 5.74) is 0.173. The summed E-state index contributed by atoms with van der Waals surface area (Å²) in [6.45, 7) is 1.62. The molecule has 1 N–H and O–H groups in total. The van der Waals surface area contributed by atoms with E-state index in [1.807, 2.05) is 0 Å². The molecule has 1 aromatic carbocycles. The van der Waals surface area contributed by atoms with Crippen molar-refractivity contribution in [2.24, 2.45) is 5.92 Å². The molecular formula is C18H24N2O5S. The number of carbonyl (C=O) groups excluding carboxylic acids is 1. The van der Waals surface area contributed by atoms with E-state index in [1.165, 1.54) is 10.4 Å². The van der Waals surface area contributed by atoms with Crippen LogP contribution >= 0.6 is 0 Å². The lowest BCUT2D eigenvalue weighted by Gasteiger charge is -2.31. The summed E-state index contributed by atoms with van der Waals surface area (Å²) < 4.78 is 27.5. The van der Waals surface area contributed by atoms with Crippen molar-refractivity contribution in [1.82, 2.24) is 9.21 Å². The van der Waals surface area contributed by atoms with Gasteiger partial charge in [0, 0.05) is 26.2 Å². The van der Waals surface area contributed by atoms with Gasteiger partial charge in [0.1, 0.15) is 0 Å². The third-order valence-electron chi connectivity index (χ3n) is 5.18. The molecule has 0 radical (unpaired) electrons. The number of sulfonamides is 1. The lowest BCUT2D eigenvalue weighted by Crippen LogP contribution is -2.41. The predicted molar refractivity (Wildman–Crippen MR) is 95.3 cm³/mol. The van der Waals surface area contributed by atoms with Gasteiger partial charge in [0.25, 0.3) is 5.91 Å². The number of carboxylic acid groups (broad SMARTS) is 1. The standard InChI is InChI=1S/C18H24N2O5S/c21-17(19-12-8-14(9-13-19)18(22)23)15-6-2-3-7-16(15)26(24,25)20-10-4-1-5-11-20/h2-3,6-7,14H,1,4-5,8-13H2,(H,22,23). The fourth-order valence-electron chi connectivity index (χ4n) is 3.61. The molecule has 0 bridgehead atoms. The monoisotopic (exact) mass is 380 g/mol. The highest BCUT2D eigenvalue weighted by Gasteiger charge is 2.33. The van der Waals surface area contributed by atoms with Gasteiger partial charge in [0.15, 0.2) is 0 Å². The third-order valence-corrected chi connectivity index (χ3v) is 7.14. The number of aliphatic carboxylic acids is 1. The topological polar surface area (TPSA) is 95.0 Å². The smallest absolute Gasteiger partial charge is 0.306 e. The second-order valence-electron chi connectivity index (χ2n) is 6.87. The van der Waals surface area contributed by atoms with E-state index in [2.05, 4.69) is 0 Å². The molecule has 2 saturated heterocycles. The molecular weight excluding hydrogens is 356 g/mol. The molecule has 0 spiro atoms. The molecule has 142 valence electrons. The van der Waals surface area contributed by atoms with Crippen molar-refractivity contribution >= 4 is 21.9 Å². The van der Waals surface area contributed by atoms with Crippen molar-refractivity contribution in [3.8, 4) is 0 Å². The molecule has 2 aliphatic heterocycles. The number of hydrogen-bond acceptors (Lipinski definition) is 4. The first-order chi connectivity index (χ1) is 12.4. The molecule has 0 aromatic heterocycles. The minimum Gasteiger partial charge on any atom is -0.481 e. The zero-order valence-corrected chi connectivity index (χ0v) is 15.5. The van der Waals surface area contributed by atoms with Gasteiger partial charge in [-0.15, -0.1) is 0 Å². The maximum atomic E-state index is 13.0. The van der Waals surface area contributed by atoms with Gasteiger partial charge in [-0.2, -0.15) is 4.31 Å². The molecule has 1 aromatic rings. The zero-order chi connectivity index (χ0) is 18.7. The van der Waals surface area contributed by atoms with Gasteiger partial charge in [-0.3, -0.25) is 9.59 Å². The minimum atomic E-state index is -3.71. The largest absolute Gasteiger partial charge is 0.481 e. The Morgan fingerprint density at radius 2 is 1.58 bits per heavy atom. The van der Waals surface area contributed by atoms with Gasteiger partial charge < -0.3 is 10.0 Å². The summed E-state index contributed by atoms with van der Waals surface area (Å²) >= 11 is 0. The van der Waals surface area contributed by atoms with Crippen LogP contribution in [0.5, 0.6) is 0 Å². The van der Waals surface area contributed by atoms with Crippen LogP contribution in [0.25, 0.3) is 0 Å². The first-order valence-corrected chi connectivity index (χ1v) is 10.5. The predicted octanol–water partition coefficient (Wildman–Crippen LogP) is 1.80. The van der Waals surface area contributed by atoms with Crippen LogP contribution in [0.2, 0.25) is 0 Å². The van der Waals surface area contributed by atoms with E-state index < -0.39 is 21.9 Å². The number of carboxylic acids is 1. The van der Waals surface area contributed by atoms with E-state index in [1.54, 1.807) is 23.1 Å². The Kier molecular flexibility index (Phi) is 5.62. The molecule has 26 heavy (non-hydrogen) atoms. The Morgan fingerprint density at radius 3 is 2.19 bits per heavy atom. The third kappa shape index (κ3) is 3.76. The lowest BCUT2D eigenvalue weighted by atomic mass is 9.96. The number of piperidine rings is 2. The summed E-state index contributed by atoms with van der Waals surface area (Å²) in [4.78, 5) is 25.6. The Labute approximate surface area is 153 Å². The van der Waals surface area contributed by atoms with E-state index in [9.17, 15) is 18.0 Å². The quantitative estimate of drug-likeness (QED) is 0.859. The highest BCUT2D eigenvalue weighted by molar-refractivity contribution is 7.89. The Hall–Kier alpha value is -1.93.